The zero-order valence-corrected chi connectivity index (χ0v) is 10.4. The van der Waals surface area contributed by atoms with Crippen LogP contribution in [0.15, 0.2) is 23.0 Å². The molecule has 1 aromatic carbocycles. The fourth-order valence-corrected chi connectivity index (χ4v) is 3.34. The lowest BCUT2D eigenvalue weighted by molar-refractivity contribution is 0.899. The van der Waals surface area contributed by atoms with Crippen molar-refractivity contribution in [1.82, 2.24) is 9.97 Å². The molecule has 3 aromatic rings. The molecule has 0 atom stereocenters. The molecule has 0 saturated carbocycles. The van der Waals surface area contributed by atoms with E-state index >= 15 is 0 Å². The second kappa shape index (κ2) is 3.39. The van der Waals surface area contributed by atoms with Crippen LogP contribution in [0.5, 0.6) is 0 Å². The summed E-state index contributed by atoms with van der Waals surface area (Å²) < 4.78 is 0. The summed E-state index contributed by atoms with van der Waals surface area (Å²) in [6.07, 6.45) is 3.38. The van der Waals surface area contributed by atoms with Crippen molar-refractivity contribution in [2.45, 2.75) is 19.3 Å². The lowest BCUT2D eigenvalue weighted by atomic mass is 10.1. The molecule has 4 heteroatoms. The van der Waals surface area contributed by atoms with Crippen molar-refractivity contribution < 1.29 is 0 Å². The van der Waals surface area contributed by atoms with Crippen molar-refractivity contribution in [2.24, 2.45) is 0 Å². The van der Waals surface area contributed by atoms with Gasteiger partial charge in [-0.05, 0) is 37.0 Å². The summed E-state index contributed by atoms with van der Waals surface area (Å²) in [6, 6.07) is 5.39. The second-order valence-corrected chi connectivity index (χ2v) is 5.24. The Hall–Kier alpha value is -1.74. The van der Waals surface area contributed by atoms with Crippen LogP contribution in [0.25, 0.3) is 21.8 Å². The highest BCUT2D eigenvalue weighted by molar-refractivity contribution is 6.37. The Bertz CT molecular complexity index is 844. The van der Waals surface area contributed by atoms with E-state index in [1.807, 2.05) is 12.1 Å². The number of fused-ring (bicyclic) bond motifs is 5. The van der Waals surface area contributed by atoms with Crippen LogP contribution in [0.3, 0.4) is 0 Å². The third kappa shape index (κ3) is 1.22. The van der Waals surface area contributed by atoms with Crippen molar-refractivity contribution in [1.29, 1.82) is 0 Å². The molecule has 3 nitrogen and oxygen atoms in total. The van der Waals surface area contributed by atoms with Crippen LogP contribution in [0.4, 0.5) is 0 Å². The van der Waals surface area contributed by atoms with Crippen LogP contribution in [0.1, 0.15) is 17.7 Å². The lowest BCUT2D eigenvalue weighted by Crippen LogP contribution is -2.03. The Morgan fingerprint density at radius 1 is 1.06 bits per heavy atom. The van der Waals surface area contributed by atoms with E-state index in [0.29, 0.717) is 5.02 Å². The van der Waals surface area contributed by atoms with E-state index in [4.69, 9.17) is 11.6 Å². The number of aromatic nitrogens is 2. The Morgan fingerprint density at radius 3 is 2.67 bits per heavy atom. The number of H-pyrrole nitrogens is 2. The minimum atomic E-state index is -0.154. The monoisotopic (exact) mass is 258 g/mol. The number of benzene rings is 1. The molecule has 0 fully saturated rings. The van der Waals surface area contributed by atoms with Gasteiger partial charge in [0.25, 0.3) is 0 Å². The van der Waals surface area contributed by atoms with Gasteiger partial charge in [0.15, 0.2) is 0 Å². The Morgan fingerprint density at radius 2 is 1.83 bits per heavy atom. The van der Waals surface area contributed by atoms with E-state index in [9.17, 15) is 4.79 Å². The zero-order valence-electron chi connectivity index (χ0n) is 9.64. The number of halogens is 1. The summed E-state index contributed by atoms with van der Waals surface area (Å²) in [5.41, 5.74) is 4.46. The predicted octanol–water partition coefficient (Wildman–Crippen LogP) is 3.15. The van der Waals surface area contributed by atoms with Crippen LogP contribution < -0.4 is 5.56 Å². The van der Waals surface area contributed by atoms with E-state index in [1.54, 1.807) is 0 Å². The smallest absolute Gasteiger partial charge is 0.249 e. The van der Waals surface area contributed by atoms with Crippen LogP contribution in [-0.2, 0) is 12.8 Å². The van der Waals surface area contributed by atoms with Crippen LogP contribution in [0, 0.1) is 0 Å². The van der Waals surface area contributed by atoms with Gasteiger partial charge in [-0.15, -0.1) is 0 Å². The first-order chi connectivity index (χ1) is 8.74. The molecule has 2 heterocycles. The van der Waals surface area contributed by atoms with Gasteiger partial charge < -0.3 is 9.97 Å². The van der Waals surface area contributed by atoms with Crippen LogP contribution in [0.2, 0.25) is 5.02 Å². The average Bonchev–Trinajstić information content (AvgIpc) is 2.87. The van der Waals surface area contributed by atoms with E-state index in [2.05, 4.69) is 9.97 Å². The average molecular weight is 259 g/mol. The largest absolute Gasteiger partial charge is 0.358 e. The van der Waals surface area contributed by atoms with Gasteiger partial charge >= 0.3 is 0 Å². The molecular weight excluding hydrogens is 248 g/mol. The van der Waals surface area contributed by atoms with E-state index in [1.165, 1.54) is 29.1 Å². The first-order valence-corrected chi connectivity index (χ1v) is 6.47. The zero-order chi connectivity index (χ0) is 12.3. The van der Waals surface area contributed by atoms with E-state index < -0.39 is 0 Å². The molecule has 0 spiro atoms. The minimum absolute atomic E-state index is 0.154. The third-order valence-electron chi connectivity index (χ3n) is 3.77. The number of hydrogen-bond donors (Lipinski definition) is 2. The van der Waals surface area contributed by atoms with Gasteiger partial charge in [-0.2, -0.15) is 0 Å². The van der Waals surface area contributed by atoms with Crippen molar-refractivity contribution >= 4 is 33.4 Å². The maximum Gasteiger partial charge on any atom is 0.249 e. The molecular formula is C14H11ClN2O. The summed E-state index contributed by atoms with van der Waals surface area (Å²) in [4.78, 5) is 17.8. The molecule has 2 N–H and O–H groups in total. The number of aromatic amines is 2. The number of nitrogens with one attached hydrogen (secondary N) is 2. The molecule has 18 heavy (non-hydrogen) atoms. The van der Waals surface area contributed by atoms with Gasteiger partial charge in [-0.3, -0.25) is 4.79 Å². The van der Waals surface area contributed by atoms with Gasteiger partial charge in [-0.25, -0.2) is 0 Å². The van der Waals surface area contributed by atoms with Crippen molar-refractivity contribution in [2.75, 3.05) is 0 Å². The summed E-state index contributed by atoms with van der Waals surface area (Å²) in [5.74, 6) is 0. The van der Waals surface area contributed by atoms with Crippen molar-refractivity contribution in [3.63, 3.8) is 0 Å². The second-order valence-electron chi connectivity index (χ2n) is 4.83. The SMILES string of the molecule is O=c1cc(Cl)c2c(ccc3[nH]c4c(c32)CCC4)[nH]1. The third-order valence-corrected chi connectivity index (χ3v) is 4.06. The highest BCUT2D eigenvalue weighted by Gasteiger charge is 2.19. The summed E-state index contributed by atoms with van der Waals surface area (Å²) in [7, 11) is 0. The number of hydrogen-bond acceptors (Lipinski definition) is 1. The molecule has 0 unspecified atom stereocenters. The Labute approximate surface area is 108 Å². The molecule has 2 aromatic heterocycles. The fourth-order valence-electron chi connectivity index (χ4n) is 3.05. The number of aryl methyl sites for hydroxylation is 2. The highest BCUT2D eigenvalue weighted by Crippen LogP contribution is 2.36. The molecule has 4 rings (SSSR count). The van der Waals surface area contributed by atoms with Gasteiger partial charge in [0, 0.05) is 28.0 Å². The molecule has 0 amide bonds. The van der Waals surface area contributed by atoms with Gasteiger partial charge in [0.2, 0.25) is 5.56 Å². The Kier molecular flexibility index (Phi) is 1.92. The van der Waals surface area contributed by atoms with E-state index in [0.717, 1.165) is 29.3 Å². The van der Waals surface area contributed by atoms with Crippen LogP contribution >= 0.6 is 11.6 Å². The minimum Gasteiger partial charge on any atom is -0.358 e. The topological polar surface area (TPSA) is 48.6 Å². The predicted molar refractivity (Wildman–Crippen MR) is 73.5 cm³/mol. The van der Waals surface area contributed by atoms with E-state index in [-0.39, 0.29) is 5.56 Å². The first-order valence-electron chi connectivity index (χ1n) is 6.09. The maximum atomic E-state index is 11.5. The molecule has 1 aliphatic carbocycles. The summed E-state index contributed by atoms with van der Waals surface area (Å²) in [5, 5.41) is 2.68. The number of pyridine rings is 1. The standard InChI is InChI=1S/C14H11ClN2O/c15-8-6-12(18)17-11-5-4-10-13(14(8)11)7-2-1-3-9(7)16-10/h4-6,16H,1-3H2,(H,17,18). The Balaban J connectivity index is 2.30. The van der Waals surface area contributed by atoms with Gasteiger partial charge in [0.1, 0.15) is 0 Å². The first kappa shape index (κ1) is 10.2. The van der Waals surface area contributed by atoms with Crippen molar-refractivity contribution in [3.05, 3.63) is 44.8 Å². The molecule has 0 saturated heterocycles. The molecule has 0 radical (unpaired) electrons. The molecule has 90 valence electrons. The molecule has 1 aliphatic rings. The van der Waals surface area contributed by atoms with Crippen molar-refractivity contribution in [3.8, 4) is 0 Å². The highest BCUT2D eigenvalue weighted by atomic mass is 35.5. The molecule has 0 bridgehead atoms. The van der Waals surface area contributed by atoms with Crippen LogP contribution in [-0.4, -0.2) is 9.97 Å². The van der Waals surface area contributed by atoms with Gasteiger partial charge in [0.05, 0.1) is 10.5 Å². The number of rotatable bonds is 0. The quantitative estimate of drug-likeness (QED) is 0.639. The lowest BCUT2D eigenvalue weighted by Gasteiger charge is -2.03. The maximum absolute atomic E-state index is 11.5. The van der Waals surface area contributed by atoms with Gasteiger partial charge in [-0.1, -0.05) is 11.6 Å². The normalized spacial score (nSPS) is 14.5. The fraction of sp³-hybridized carbons (Fsp3) is 0.214. The summed E-state index contributed by atoms with van der Waals surface area (Å²) >= 11 is 6.27. The molecule has 0 aliphatic heterocycles. The summed E-state index contributed by atoms with van der Waals surface area (Å²) in [6.45, 7) is 0.